The largest absolute Gasteiger partial charge is 0.416 e. The average Bonchev–Trinajstić information content (AvgIpc) is 3.29. The summed E-state index contributed by atoms with van der Waals surface area (Å²) < 4.78 is 292. The van der Waals surface area contributed by atoms with Gasteiger partial charge in [-0.05, 0) is 59.7 Å². The molecule has 1 aliphatic rings. The number of methoxy groups -OCH3 is 1. The average molecular weight is 761 g/mol. The van der Waals surface area contributed by atoms with Crippen molar-refractivity contribution in [1.29, 1.82) is 0 Å². The Morgan fingerprint density at radius 3 is 2.44 bits per heavy atom. The molecule has 5 aromatic rings. The minimum Gasteiger partial charge on any atom is -0.383 e. The number of alkyl halides is 3. The number of aromatic nitrogens is 1. The van der Waals surface area contributed by atoms with Gasteiger partial charge in [0.05, 0.1) is 40.5 Å². The Morgan fingerprint density at radius 2 is 1.75 bits per heavy atom. The van der Waals surface area contributed by atoms with E-state index in [-0.39, 0.29) is 15.7 Å². The van der Waals surface area contributed by atoms with Crippen LogP contribution in [0.25, 0.3) is 22.0 Å². The minimum atomic E-state index is -4.80. The number of carbonyl (C=O) groups excluding carboxylic acids is 1. The Labute approximate surface area is 337 Å². The number of rotatable bonds is 12. The van der Waals surface area contributed by atoms with Gasteiger partial charge in [0.1, 0.15) is 6.50 Å². The fourth-order valence-corrected chi connectivity index (χ4v) is 5.34. The quantitative estimate of drug-likeness (QED) is 0.0945. The molecule has 1 aliphatic heterocycles. The molecular formula is C40H38F5N3O3S. The van der Waals surface area contributed by atoms with Crippen LogP contribution in [-0.4, -0.2) is 59.4 Å². The van der Waals surface area contributed by atoms with Crippen LogP contribution in [0, 0.1) is 11.6 Å². The highest BCUT2D eigenvalue weighted by Crippen LogP contribution is 2.32. The molecule has 0 atom stereocenters. The highest BCUT2D eigenvalue weighted by atomic mass is 32.2. The third-order valence-corrected chi connectivity index (χ3v) is 7.89. The zero-order valence-corrected chi connectivity index (χ0v) is 26.7. The van der Waals surface area contributed by atoms with Gasteiger partial charge in [-0.2, -0.15) is 13.2 Å². The maximum atomic E-state index is 15.7. The smallest absolute Gasteiger partial charge is 0.383 e. The molecule has 0 radical (unpaired) electrons. The molecule has 0 unspecified atom stereocenters. The van der Waals surface area contributed by atoms with Crippen LogP contribution in [0.3, 0.4) is 0 Å². The van der Waals surface area contributed by atoms with Crippen LogP contribution in [0.15, 0.2) is 107 Å². The number of halogens is 5. The van der Waals surface area contributed by atoms with Gasteiger partial charge >= 0.3 is 6.18 Å². The lowest BCUT2D eigenvalue weighted by molar-refractivity contribution is -0.137. The van der Waals surface area contributed by atoms with Crippen molar-refractivity contribution in [2.45, 2.75) is 48.7 Å². The van der Waals surface area contributed by atoms with Gasteiger partial charge in [-0.1, -0.05) is 60.6 Å². The first-order chi connectivity index (χ1) is 34.6. The maximum Gasteiger partial charge on any atom is 0.416 e. The first kappa shape index (κ1) is 17.1. The lowest BCUT2D eigenvalue weighted by Crippen LogP contribution is -2.48. The molecular weight excluding hydrogens is 698 g/mol. The van der Waals surface area contributed by atoms with E-state index in [1.54, 1.807) is 0 Å². The van der Waals surface area contributed by atoms with Crippen molar-refractivity contribution in [3.8, 4) is 11.1 Å². The van der Waals surface area contributed by atoms with Crippen molar-refractivity contribution in [1.82, 2.24) is 14.4 Å². The molecule has 6 rings (SSSR count). The van der Waals surface area contributed by atoms with Crippen LogP contribution in [-0.2, 0) is 34.5 Å². The fourth-order valence-electron chi connectivity index (χ4n) is 4.60. The van der Waals surface area contributed by atoms with E-state index in [1.165, 1.54) is 0 Å². The van der Waals surface area contributed by atoms with Gasteiger partial charge in [0.2, 0.25) is 5.91 Å². The Kier molecular flexibility index (Phi) is 5.40. The number of likely N-dealkylation sites (tertiary alicyclic amines) is 1. The van der Waals surface area contributed by atoms with Gasteiger partial charge < -0.3 is 19.1 Å². The van der Waals surface area contributed by atoms with E-state index < -0.39 is 184 Å². The van der Waals surface area contributed by atoms with E-state index in [1.807, 2.05) is 0 Å². The summed E-state index contributed by atoms with van der Waals surface area (Å²) in [7, 11) is -3.92. The molecule has 52 heavy (non-hydrogen) atoms. The molecule has 0 bridgehead atoms. The molecule has 6 nitrogen and oxygen atoms in total. The number of carbonyl (C=O) groups is 1. The Hall–Kier alpha value is -4.52. The number of nitrogens with zero attached hydrogens (tertiary/aromatic N) is 3. The standard InChI is InChI=1S/C40H38F5N3O3S/c1-51-22-21-46-19-17-32(18-20-46)47(24-27-9-11-28(12-10-27)29-13-15-31(16-14-29)40(43,44)45)37(50)25-48-35-8-3-2-6-33(35)36(49)23-38(48)52-26-30-5-4-7-34(41)39(30)42/h2-16,23,32H,17-22,24-26H2,1H3/i1D3,2D,3D,6D,8D,17D2,18D2,19D2,20D2,21D2,22D2,23D,25D2,26D2,32D. The number of thioether (sulfide) groups is 1. The highest BCUT2D eigenvalue weighted by Gasteiger charge is 2.31. The van der Waals surface area contributed by atoms with E-state index in [2.05, 4.69) is 4.74 Å². The molecule has 1 fully saturated rings. The molecule has 1 aromatic heterocycles. The summed E-state index contributed by atoms with van der Waals surface area (Å²) in [6.07, 6.45) is -14.4. The summed E-state index contributed by atoms with van der Waals surface area (Å²) in [5, 5.41) is -2.82. The molecule has 12 heteroatoms. The lowest BCUT2D eigenvalue weighted by Gasteiger charge is -2.39. The number of fused-ring (bicyclic) bond motifs is 1. The summed E-state index contributed by atoms with van der Waals surface area (Å²) in [5.74, 6) is -6.16. The van der Waals surface area contributed by atoms with Crippen LogP contribution in [0.1, 0.15) is 63.7 Å². The van der Waals surface area contributed by atoms with Gasteiger partial charge in [0, 0.05) is 78.2 Å². The summed E-state index contributed by atoms with van der Waals surface area (Å²) in [5.41, 5.74) is -9.22. The van der Waals surface area contributed by atoms with Crippen LogP contribution in [0.2, 0.25) is 0 Å². The number of amides is 1. The van der Waals surface area contributed by atoms with Crippen LogP contribution in [0.5, 0.6) is 0 Å². The normalized spacial score (nSPS) is 27.1. The van der Waals surface area contributed by atoms with Gasteiger partial charge in [-0.25, -0.2) is 8.78 Å². The van der Waals surface area contributed by atoms with Crippen molar-refractivity contribution in [3.63, 3.8) is 0 Å². The number of piperidine rings is 1. The first-order valence-electron chi connectivity index (χ1n) is 27.0. The van der Waals surface area contributed by atoms with Crippen molar-refractivity contribution in [3.05, 3.63) is 135 Å². The summed E-state index contributed by atoms with van der Waals surface area (Å²) >= 11 is -0.541. The van der Waals surface area contributed by atoms with E-state index in [0.717, 1.165) is 42.5 Å². The van der Waals surface area contributed by atoms with Gasteiger partial charge in [0.15, 0.2) is 17.1 Å². The molecule has 0 aliphatic carbocycles. The molecule has 0 spiro atoms. The number of hydrogen-bond donors (Lipinski definition) is 0. The molecule has 4 aromatic carbocycles. The Balaban J connectivity index is 1.71. The van der Waals surface area contributed by atoms with Gasteiger partial charge in [-0.3, -0.25) is 9.59 Å². The second kappa shape index (κ2) is 16.4. The molecule has 2 heterocycles. The van der Waals surface area contributed by atoms with Crippen molar-refractivity contribution >= 4 is 28.6 Å². The monoisotopic (exact) mass is 760 g/mol. The number of ether oxygens (including phenoxy) is 1. The SMILES string of the molecule is [2H]c1c([2H])c([2H])c2c(c1[2H])c(=O)c([2H])c(SC([2H])([2H])c1cccc(F)c1F)n2C([2H])([2H])C(=O)N(Cc1ccc(-c2ccc(C(F)(F)F)cc2)cc1)C1([2H])C([2H])([2H])C([2H])([2H])N(C([2H])([2H])C([2H])([2H])OC([2H])([2H])[2H])C([2H])([2H])C1([2H])[2H]. The van der Waals surface area contributed by atoms with Crippen LogP contribution < -0.4 is 5.43 Å². The van der Waals surface area contributed by atoms with E-state index in [0.29, 0.717) is 24.3 Å². The van der Waals surface area contributed by atoms with Gasteiger partial charge in [0.25, 0.3) is 0 Å². The maximum absolute atomic E-state index is 15.7. The zero-order chi connectivity index (χ0) is 58.9. The Bertz CT molecular complexity index is 3200. The van der Waals surface area contributed by atoms with Crippen molar-refractivity contribution in [2.24, 2.45) is 0 Å². The second-order valence-electron chi connectivity index (χ2n) is 10.4. The predicted molar refractivity (Wildman–Crippen MR) is 193 cm³/mol. The van der Waals surface area contributed by atoms with E-state index in [4.69, 9.17) is 24.7 Å². The number of para-hydroxylation sites is 1. The third-order valence-electron chi connectivity index (χ3n) is 7.09. The van der Waals surface area contributed by atoms with Crippen LogP contribution in [0.4, 0.5) is 22.0 Å². The zero-order valence-electron chi connectivity index (χ0n) is 50.9. The second-order valence-corrected chi connectivity index (χ2v) is 11.2. The fraction of sp³-hybridized carbons (Fsp3) is 0.300. The van der Waals surface area contributed by atoms with Crippen molar-refractivity contribution in [2.75, 3.05) is 33.1 Å². The van der Waals surface area contributed by atoms with Crippen molar-refractivity contribution < 1.29 is 65.8 Å². The summed E-state index contributed by atoms with van der Waals surface area (Å²) in [6.45, 7) is -24.8. The first-order valence-corrected chi connectivity index (χ1v) is 15.3. The topological polar surface area (TPSA) is 54.8 Å². The Morgan fingerprint density at radius 1 is 1.06 bits per heavy atom. The summed E-state index contributed by atoms with van der Waals surface area (Å²) in [4.78, 5) is 28.1. The number of hydrogen-bond acceptors (Lipinski definition) is 5. The van der Waals surface area contributed by atoms with E-state index in [9.17, 15) is 32.0 Å². The number of benzene rings is 4. The predicted octanol–water partition coefficient (Wildman–Crippen LogP) is 8.40. The molecule has 0 saturated carbocycles. The highest BCUT2D eigenvalue weighted by molar-refractivity contribution is 7.98. The minimum absolute atomic E-state index is 0.0844. The molecule has 1 saturated heterocycles. The van der Waals surface area contributed by atoms with Gasteiger partial charge in [-0.15, -0.1) is 11.8 Å². The molecule has 0 N–H and O–H groups in total. The van der Waals surface area contributed by atoms with Crippen LogP contribution >= 0.6 is 11.8 Å². The summed E-state index contributed by atoms with van der Waals surface area (Å²) in [6, 6.07) is -2.09. The molecule has 1 amide bonds. The number of pyridine rings is 1. The third kappa shape index (κ3) is 8.74. The lowest BCUT2D eigenvalue weighted by atomic mass is 10.00. The molecule has 272 valence electrons. The van der Waals surface area contributed by atoms with E-state index >= 15 is 9.18 Å².